The van der Waals surface area contributed by atoms with Crippen LogP contribution in [0.25, 0.3) is 0 Å². The first-order valence-corrected chi connectivity index (χ1v) is 8.21. The van der Waals surface area contributed by atoms with Crippen LogP contribution in [0.4, 0.5) is 5.69 Å². The van der Waals surface area contributed by atoms with Crippen LogP contribution in [0.15, 0.2) is 18.2 Å². The summed E-state index contributed by atoms with van der Waals surface area (Å²) in [6.07, 6.45) is 5.14. The molecule has 0 aromatic heterocycles. The van der Waals surface area contributed by atoms with Crippen LogP contribution in [0.2, 0.25) is 0 Å². The van der Waals surface area contributed by atoms with Crippen LogP contribution in [-0.4, -0.2) is 35.6 Å². The molecule has 6 nitrogen and oxygen atoms in total. The van der Waals surface area contributed by atoms with Gasteiger partial charge in [-0.3, -0.25) is 9.59 Å². The van der Waals surface area contributed by atoms with Crippen molar-refractivity contribution in [2.45, 2.75) is 44.1 Å². The maximum absolute atomic E-state index is 13.0. The van der Waals surface area contributed by atoms with Crippen molar-refractivity contribution in [3.8, 4) is 11.5 Å². The Morgan fingerprint density at radius 1 is 1.13 bits per heavy atom. The average Bonchev–Trinajstić information content (AvgIpc) is 3.02. The monoisotopic (exact) mass is 316 g/mol. The molecule has 1 aromatic rings. The Bertz CT molecular complexity index is 652. The van der Waals surface area contributed by atoms with E-state index < -0.39 is 5.54 Å². The van der Waals surface area contributed by atoms with Gasteiger partial charge in [-0.1, -0.05) is 19.3 Å². The Morgan fingerprint density at radius 3 is 2.61 bits per heavy atom. The second kappa shape index (κ2) is 5.44. The van der Waals surface area contributed by atoms with Gasteiger partial charge in [-0.25, -0.2) is 0 Å². The lowest BCUT2D eigenvalue weighted by Crippen LogP contribution is -2.64. The lowest BCUT2D eigenvalue weighted by molar-refractivity contribution is -0.157. The van der Waals surface area contributed by atoms with Crippen LogP contribution in [0.5, 0.6) is 11.5 Å². The predicted molar refractivity (Wildman–Crippen MR) is 83.3 cm³/mol. The number of fused-ring (bicyclic) bond motifs is 1. The van der Waals surface area contributed by atoms with Crippen LogP contribution in [0.3, 0.4) is 0 Å². The van der Waals surface area contributed by atoms with Gasteiger partial charge in [0.05, 0.1) is 0 Å². The topological polar surface area (TPSA) is 67.9 Å². The third kappa shape index (κ3) is 2.33. The van der Waals surface area contributed by atoms with Crippen molar-refractivity contribution in [1.29, 1.82) is 0 Å². The van der Waals surface area contributed by atoms with Gasteiger partial charge in [0.25, 0.3) is 0 Å². The minimum Gasteiger partial charge on any atom is -0.454 e. The predicted octanol–water partition coefficient (Wildman–Crippen LogP) is 2.29. The molecule has 1 saturated heterocycles. The maximum atomic E-state index is 13.0. The summed E-state index contributed by atoms with van der Waals surface area (Å²) in [5.41, 5.74) is 0.00130. The smallest absolute Gasteiger partial charge is 0.250 e. The Hall–Kier alpha value is -2.24. The lowest BCUT2D eigenvalue weighted by atomic mass is 9.77. The molecular weight excluding hydrogens is 296 g/mol. The standard InChI is InChI=1S/C17H20N2O4/c20-15-6-9-19(15)17(7-2-1-3-8-17)16(21)18-12-4-5-13-14(10-12)23-11-22-13/h4-5,10H,1-3,6-9,11H2,(H,18,21). The highest BCUT2D eigenvalue weighted by Gasteiger charge is 2.49. The van der Waals surface area contributed by atoms with E-state index in [2.05, 4.69) is 5.32 Å². The summed E-state index contributed by atoms with van der Waals surface area (Å²) >= 11 is 0. The van der Waals surface area contributed by atoms with Crippen molar-refractivity contribution in [1.82, 2.24) is 4.90 Å². The van der Waals surface area contributed by atoms with Crippen molar-refractivity contribution in [2.75, 3.05) is 18.7 Å². The average molecular weight is 316 g/mol. The summed E-state index contributed by atoms with van der Waals surface area (Å²) in [4.78, 5) is 26.7. The zero-order valence-corrected chi connectivity index (χ0v) is 13.0. The van der Waals surface area contributed by atoms with Crippen molar-refractivity contribution in [2.24, 2.45) is 0 Å². The number of amides is 2. The molecule has 0 unspecified atom stereocenters. The van der Waals surface area contributed by atoms with Gasteiger partial charge in [-0.05, 0) is 25.0 Å². The van der Waals surface area contributed by atoms with Gasteiger partial charge >= 0.3 is 0 Å². The van der Waals surface area contributed by atoms with Crippen molar-refractivity contribution < 1.29 is 19.1 Å². The molecule has 122 valence electrons. The van der Waals surface area contributed by atoms with E-state index in [4.69, 9.17) is 9.47 Å². The Morgan fingerprint density at radius 2 is 1.91 bits per heavy atom. The SMILES string of the molecule is O=C1CCN1C1(C(=O)Nc2ccc3c(c2)OCO3)CCCCC1. The Labute approximate surface area is 134 Å². The third-order valence-corrected chi connectivity index (χ3v) is 5.10. The van der Waals surface area contributed by atoms with Crippen LogP contribution >= 0.6 is 0 Å². The highest BCUT2D eigenvalue weighted by atomic mass is 16.7. The summed E-state index contributed by atoms with van der Waals surface area (Å²) < 4.78 is 10.6. The molecule has 1 N–H and O–H groups in total. The van der Waals surface area contributed by atoms with Gasteiger partial charge in [0, 0.05) is 24.7 Å². The number of β-lactam (4-membered cyclic amide) rings is 1. The molecule has 0 atom stereocenters. The molecule has 1 saturated carbocycles. The highest BCUT2D eigenvalue weighted by molar-refractivity contribution is 6.01. The first-order valence-electron chi connectivity index (χ1n) is 8.21. The summed E-state index contributed by atoms with van der Waals surface area (Å²) in [5.74, 6) is 1.34. The quantitative estimate of drug-likeness (QED) is 0.869. The Balaban J connectivity index is 1.57. The highest BCUT2D eigenvalue weighted by Crippen LogP contribution is 2.39. The molecule has 6 heteroatoms. The number of nitrogens with zero attached hydrogens (tertiary/aromatic N) is 1. The van der Waals surface area contributed by atoms with E-state index in [1.807, 2.05) is 0 Å². The summed E-state index contributed by atoms with van der Waals surface area (Å²) in [7, 11) is 0. The number of benzene rings is 1. The van der Waals surface area contributed by atoms with E-state index in [1.165, 1.54) is 0 Å². The minimum atomic E-state index is -0.677. The number of ether oxygens (including phenoxy) is 2. The molecular formula is C17H20N2O4. The van der Waals surface area contributed by atoms with Crippen molar-refractivity contribution >= 4 is 17.5 Å². The third-order valence-electron chi connectivity index (χ3n) is 5.10. The number of rotatable bonds is 3. The van der Waals surface area contributed by atoms with E-state index in [1.54, 1.807) is 23.1 Å². The summed E-state index contributed by atoms with van der Waals surface area (Å²) in [6, 6.07) is 5.37. The largest absolute Gasteiger partial charge is 0.454 e. The molecule has 3 aliphatic rings. The fraction of sp³-hybridized carbons (Fsp3) is 0.529. The van der Waals surface area contributed by atoms with E-state index in [-0.39, 0.29) is 18.6 Å². The van der Waals surface area contributed by atoms with E-state index in [0.717, 1.165) is 32.1 Å². The van der Waals surface area contributed by atoms with Gasteiger partial charge < -0.3 is 19.7 Å². The van der Waals surface area contributed by atoms with Crippen LogP contribution in [0.1, 0.15) is 38.5 Å². The molecule has 2 fully saturated rings. The maximum Gasteiger partial charge on any atom is 0.250 e. The number of carbonyl (C=O) groups excluding carboxylic acids is 2. The molecule has 1 aromatic carbocycles. The fourth-order valence-corrected chi connectivity index (χ4v) is 3.75. The number of nitrogens with one attached hydrogen (secondary N) is 1. The van der Waals surface area contributed by atoms with Gasteiger partial charge in [-0.15, -0.1) is 0 Å². The minimum absolute atomic E-state index is 0.0795. The van der Waals surface area contributed by atoms with E-state index >= 15 is 0 Å². The first kappa shape index (κ1) is 14.4. The zero-order valence-electron chi connectivity index (χ0n) is 13.0. The van der Waals surface area contributed by atoms with Crippen LogP contribution in [0, 0.1) is 0 Å². The molecule has 2 amide bonds. The molecule has 1 aliphatic carbocycles. The normalized spacial score (nSPS) is 21.7. The molecule has 0 radical (unpaired) electrons. The second-order valence-electron chi connectivity index (χ2n) is 6.41. The number of anilines is 1. The number of likely N-dealkylation sites (tertiary alicyclic amines) is 1. The number of carbonyl (C=O) groups is 2. The number of hydrogen-bond donors (Lipinski definition) is 1. The summed E-state index contributed by atoms with van der Waals surface area (Å²) in [5, 5.41) is 2.98. The van der Waals surface area contributed by atoms with Crippen LogP contribution in [-0.2, 0) is 9.59 Å². The zero-order chi connectivity index (χ0) is 15.9. The van der Waals surface area contributed by atoms with Crippen molar-refractivity contribution in [3.63, 3.8) is 0 Å². The van der Waals surface area contributed by atoms with Gasteiger partial charge in [0.1, 0.15) is 5.54 Å². The molecule has 0 spiro atoms. The molecule has 0 bridgehead atoms. The van der Waals surface area contributed by atoms with Gasteiger partial charge in [-0.2, -0.15) is 0 Å². The van der Waals surface area contributed by atoms with Crippen LogP contribution < -0.4 is 14.8 Å². The molecule has 4 rings (SSSR count). The first-order chi connectivity index (χ1) is 11.2. The van der Waals surface area contributed by atoms with Crippen molar-refractivity contribution in [3.05, 3.63) is 18.2 Å². The summed E-state index contributed by atoms with van der Waals surface area (Å²) in [6.45, 7) is 0.895. The Kier molecular flexibility index (Phi) is 3.39. The fourth-order valence-electron chi connectivity index (χ4n) is 3.75. The lowest BCUT2D eigenvalue weighted by Gasteiger charge is -2.49. The molecule has 2 heterocycles. The second-order valence-corrected chi connectivity index (χ2v) is 6.41. The van der Waals surface area contributed by atoms with Gasteiger partial charge in [0.2, 0.25) is 18.6 Å². The molecule has 2 aliphatic heterocycles. The number of hydrogen-bond acceptors (Lipinski definition) is 4. The van der Waals surface area contributed by atoms with E-state index in [9.17, 15) is 9.59 Å². The molecule has 23 heavy (non-hydrogen) atoms. The van der Waals surface area contributed by atoms with Gasteiger partial charge in [0.15, 0.2) is 11.5 Å². The van der Waals surface area contributed by atoms with E-state index in [0.29, 0.717) is 30.2 Å².